The average molecular weight is 242 g/mol. The van der Waals surface area contributed by atoms with Crippen LogP contribution in [-0.2, 0) is 6.54 Å². The van der Waals surface area contributed by atoms with Gasteiger partial charge in [-0.3, -0.25) is 0 Å². The average Bonchev–Trinajstić information content (AvgIpc) is 2.99. The number of nitrogens with one attached hydrogen (secondary N) is 1. The van der Waals surface area contributed by atoms with Gasteiger partial charge in [-0.1, -0.05) is 12.1 Å². The van der Waals surface area contributed by atoms with E-state index in [-0.39, 0.29) is 18.5 Å². The molecule has 1 fully saturated rings. The highest BCUT2D eigenvalue weighted by Crippen LogP contribution is 2.20. The summed E-state index contributed by atoms with van der Waals surface area (Å²) in [5, 5.41) is 3.49. The van der Waals surface area contributed by atoms with E-state index in [4.69, 9.17) is 4.74 Å². The Morgan fingerprint density at radius 3 is 2.38 bits per heavy atom. The number of benzene rings is 1. The van der Waals surface area contributed by atoms with Gasteiger partial charge in [-0.2, -0.15) is 0 Å². The number of halogens is 1. The first-order valence-corrected chi connectivity index (χ1v) is 5.73. The van der Waals surface area contributed by atoms with Gasteiger partial charge in [0.25, 0.3) is 0 Å². The van der Waals surface area contributed by atoms with E-state index in [0.717, 1.165) is 18.3 Å². The highest BCUT2D eigenvalue weighted by Gasteiger charge is 2.19. The molecule has 1 N–H and O–H groups in total. The van der Waals surface area contributed by atoms with Crippen LogP contribution >= 0.6 is 12.4 Å². The van der Waals surface area contributed by atoms with Crippen LogP contribution < -0.4 is 10.1 Å². The number of hydrogen-bond donors (Lipinski definition) is 1. The summed E-state index contributed by atoms with van der Waals surface area (Å²) in [5.74, 6) is 0.958. The van der Waals surface area contributed by atoms with Gasteiger partial charge in [0.15, 0.2) is 0 Å². The Balaban J connectivity index is 0.00000128. The lowest BCUT2D eigenvalue weighted by molar-refractivity contribution is 0.242. The molecule has 1 aromatic rings. The molecule has 1 saturated carbocycles. The van der Waals surface area contributed by atoms with Crippen molar-refractivity contribution in [3.05, 3.63) is 29.8 Å². The monoisotopic (exact) mass is 241 g/mol. The normalized spacial score (nSPS) is 14.7. The third kappa shape index (κ3) is 4.42. The topological polar surface area (TPSA) is 21.3 Å². The van der Waals surface area contributed by atoms with Gasteiger partial charge in [0.2, 0.25) is 0 Å². The Hall–Kier alpha value is -0.730. The summed E-state index contributed by atoms with van der Waals surface area (Å²) >= 11 is 0. The predicted molar refractivity (Wildman–Crippen MR) is 69.3 cm³/mol. The Kier molecular flexibility index (Phi) is 5.10. The van der Waals surface area contributed by atoms with Gasteiger partial charge in [-0.25, -0.2) is 0 Å². The summed E-state index contributed by atoms with van der Waals surface area (Å²) in [6.45, 7) is 5.07. The van der Waals surface area contributed by atoms with Crippen molar-refractivity contribution in [2.75, 3.05) is 0 Å². The zero-order chi connectivity index (χ0) is 10.7. The zero-order valence-electron chi connectivity index (χ0n) is 9.90. The van der Waals surface area contributed by atoms with Gasteiger partial charge in [-0.05, 0) is 44.4 Å². The number of ether oxygens (including phenoxy) is 1. The van der Waals surface area contributed by atoms with E-state index in [0.29, 0.717) is 0 Å². The SMILES string of the molecule is CC(C)Oc1ccc(CNC2CC2)cc1.Cl. The molecule has 2 nitrogen and oxygen atoms in total. The second-order valence-electron chi connectivity index (χ2n) is 4.47. The summed E-state index contributed by atoms with van der Waals surface area (Å²) in [6, 6.07) is 9.13. The molecule has 1 aliphatic rings. The Morgan fingerprint density at radius 2 is 1.88 bits per heavy atom. The molecule has 1 aliphatic carbocycles. The second-order valence-corrected chi connectivity index (χ2v) is 4.47. The van der Waals surface area contributed by atoms with E-state index >= 15 is 0 Å². The van der Waals surface area contributed by atoms with Crippen LogP contribution in [0.25, 0.3) is 0 Å². The van der Waals surface area contributed by atoms with Crippen molar-refractivity contribution in [3.8, 4) is 5.75 Å². The highest BCUT2D eigenvalue weighted by atomic mass is 35.5. The van der Waals surface area contributed by atoms with Crippen molar-refractivity contribution in [3.63, 3.8) is 0 Å². The minimum atomic E-state index is 0. The van der Waals surface area contributed by atoms with Crippen molar-refractivity contribution < 1.29 is 4.74 Å². The maximum Gasteiger partial charge on any atom is 0.119 e. The van der Waals surface area contributed by atoms with Crippen LogP contribution in [0.2, 0.25) is 0 Å². The smallest absolute Gasteiger partial charge is 0.119 e. The van der Waals surface area contributed by atoms with Crippen LogP contribution in [0.15, 0.2) is 24.3 Å². The van der Waals surface area contributed by atoms with E-state index < -0.39 is 0 Å². The van der Waals surface area contributed by atoms with E-state index in [2.05, 4.69) is 17.4 Å². The molecule has 16 heavy (non-hydrogen) atoms. The van der Waals surface area contributed by atoms with E-state index in [1.54, 1.807) is 0 Å². The summed E-state index contributed by atoms with van der Waals surface area (Å²) in [6.07, 6.45) is 2.93. The maximum atomic E-state index is 5.59. The van der Waals surface area contributed by atoms with Crippen LogP contribution in [0.5, 0.6) is 5.75 Å². The lowest BCUT2D eigenvalue weighted by Gasteiger charge is -2.10. The first-order chi connectivity index (χ1) is 7.24. The summed E-state index contributed by atoms with van der Waals surface area (Å²) in [5.41, 5.74) is 1.33. The van der Waals surface area contributed by atoms with Crippen LogP contribution in [-0.4, -0.2) is 12.1 Å². The molecular weight excluding hydrogens is 222 g/mol. The van der Waals surface area contributed by atoms with Gasteiger partial charge in [0.1, 0.15) is 5.75 Å². The molecule has 3 heteroatoms. The lowest BCUT2D eigenvalue weighted by atomic mass is 10.2. The Bertz CT molecular complexity index is 306. The van der Waals surface area contributed by atoms with Gasteiger partial charge >= 0.3 is 0 Å². The molecule has 2 rings (SSSR count). The fourth-order valence-electron chi connectivity index (χ4n) is 1.51. The van der Waals surface area contributed by atoms with Gasteiger partial charge in [0, 0.05) is 12.6 Å². The van der Waals surface area contributed by atoms with Crippen LogP contribution in [0, 0.1) is 0 Å². The van der Waals surface area contributed by atoms with E-state index in [1.165, 1.54) is 18.4 Å². The molecule has 0 radical (unpaired) electrons. The quantitative estimate of drug-likeness (QED) is 0.855. The van der Waals surface area contributed by atoms with Crippen molar-refractivity contribution in [1.82, 2.24) is 5.32 Å². The fraction of sp³-hybridized carbons (Fsp3) is 0.538. The summed E-state index contributed by atoms with van der Waals surface area (Å²) in [4.78, 5) is 0. The van der Waals surface area contributed by atoms with Crippen molar-refractivity contribution in [1.29, 1.82) is 0 Å². The molecule has 0 bridgehead atoms. The molecule has 0 atom stereocenters. The van der Waals surface area contributed by atoms with E-state index in [1.807, 2.05) is 26.0 Å². The van der Waals surface area contributed by atoms with Crippen LogP contribution in [0.3, 0.4) is 0 Å². The fourth-order valence-corrected chi connectivity index (χ4v) is 1.51. The molecule has 0 spiro atoms. The first kappa shape index (κ1) is 13.3. The maximum absolute atomic E-state index is 5.59. The summed E-state index contributed by atoms with van der Waals surface area (Å²) in [7, 11) is 0. The van der Waals surface area contributed by atoms with Crippen LogP contribution in [0.1, 0.15) is 32.3 Å². The molecule has 0 heterocycles. The second kappa shape index (κ2) is 6.12. The number of rotatable bonds is 5. The Labute approximate surface area is 104 Å². The van der Waals surface area contributed by atoms with Crippen molar-refractivity contribution in [2.45, 2.75) is 45.4 Å². The molecule has 90 valence electrons. The van der Waals surface area contributed by atoms with Crippen molar-refractivity contribution in [2.24, 2.45) is 0 Å². The number of hydrogen-bond acceptors (Lipinski definition) is 2. The molecule has 0 aromatic heterocycles. The molecule has 0 saturated heterocycles. The minimum absolute atomic E-state index is 0. The zero-order valence-corrected chi connectivity index (χ0v) is 10.7. The molecule has 1 aromatic carbocycles. The molecule has 0 aliphatic heterocycles. The molecular formula is C13H20ClNO. The summed E-state index contributed by atoms with van der Waals surface area (Å²) < 4.78 is 5.59. The van der Waals surface area contributed by atoms with Gasteiger partial charge in [0.05, 0.1) is 6.10 Å². The van der Waals surface area contributed by atoms with Crippen LogP contribution in [0.4, 0.5) is 0 Å². The standard InChI is InChI=1S/C13H19NO.ClH/c1-10(2)15-13-7-3-11(4-8-13)9-14-12-5-6-12;/h3-4,7-8,10,12,14H,5-6,9H2,1-2H3;1H. The first-order valence-electron chi connectivity index (χ1n) is 5.73. The molecule has 0 unspecified atom stereocenters. The predicted octanol–water partition coefficient (Wildman–Crippen LogP) is 3.15. The third-order valence-corrected chi connectivity index (χ3v) is 2.47. The third-order valence-electron chi connectivity index (χ3n) is 2.47. The lowest BCUT2D eigenvalue weighted by Crippen LogP contribution is -2.15. The minimum Gasteiger partial charge on any atom is -0.491 e. The highest BCUT2D eigenvalue weighted by molar-refractivity contribution is 5.85. The Morgan fingerprint density at radius 1 is 1.25 bits per heavy atom. The molecule has 0 amide bonds. The van der Waals surface area contributed by atoms with Gasteiger partial charge in [-0.15, -0.1) is 12.4 Å². The van der Waals surface area contributed by atoms with E-state index in [9.17, 15) is 0 Å². The van der Waals surface area contributed by atoms with Gasteiger partial charge < -0.3 is 10.1 Å². The largest absolute Gasteiger partial charge is 0.491 e. The van der Waals surface area contributed by atoms with Crippen molar-refractivity contribution >= 4 is 12.4 Å².